The molecule has 194 valence electrons. The number of fused-ring (bicyclic) bond motifs is 5. The van der Waals surface area contributed by atoms with Crippen molar-refractivity contribution in [3.63, 3.8) is 0 Å². The first-order chi connectivity index (χ1) is 18.1. The minimum absolute atomic E-state index is 0.00354. The van der Waals surface area contributed by atoms with Crippen LogP contribution in [0.4, 0.5) is 0 Å². The van der Waals surface area contributed by atoms with Crippen LogP contribution < -0.4 is 9.47 Å². The molecule has 10 heteroatoms. The van der Waals surface area contributed by atoms with Gasteiger partial charge in [0, 0.05) is 25.0 Å². The highest BCUT2D eigenvalue weighted by molar-refractivity contribution is 5.93. The summed E-state index contributed by atoms with van der Waals surface area (Å²) in [7, 11) is 1.92. The van der Waals surface area contributed by atoms with Crippen LogP contribution in [0.3, 0.4) is 0 Å². The van der Waals surface area contributed by atoms with Crippen LogP contribution >= 0.6 is 0 Å². The Balaban J connectivity index is 1.55. The fourth-order valence-corrected chi connectivity index (χ4v) is 5.63. The van der Waals surface area contributed by atoms with Gasteiger partial charge < -0.3 is 14.6 Å². The SMILES string of the molecule is CCOc1nn(CCO)c2c1/C=C/c1[nH]nc3ccc(cc13)-c1cnn(C)c1O[C@H](C)[C@H]1CCCN1C2. The number of nitrogens with one attached hydrogen (secondary N) is 1. The van der Waals surface area contributed by atoms with Gasteiger partial charge in [-0.25, -0.2) is 4.68 Å². The molecular formula is C27H33N7O3. The van der Waals surface area contributed by atoms with Crippen LogP contribution in [0, 0.1) is 0 Å². The van der Waals surface area contributed by atoms with Gasteiger partial charge in [-0.2, -0.15) is 10.2 Å². The van der Waals surface area contributed by atoms with E-state index in [9.17, 15) is 5.11 Å². The summed E-state index contributed by atoms with van der Waals surface area (Å²) in [6, 6.07) is 6.45. The average molecular weight is 504 g/mol. The molecule has 37 heavy (non-hydrogen) atoms. The van der Waals surface area contributed by atoms with Crippen LogP contribution in [0.5, 0.6) is 11.8 Å². The number of hydrogen-bond donors (Lipinski definition) is 2. The highest BCUT2D eigenvalue weighted by Crippen LogP contribution is 2.36. The van der Waals surface area contributed by atoms with Crippen molar-refractivity contribution < 1.29 is 14.6 Å². The zero-order chi connectivity index (χ0) is 25.5. The summed E-state index contributed by atoms with van der Waals surface area (Å²) in [5.74, 6) is 1.34. The van der Waals surface area contributed by atoms with Crippen molar-refractivity contribution in [2.24, 2.45) is 7.05 Å². The number of aliphatic hydroxyl groups is 1. The molecule has 1 fully saturated rings. The van der Waals surface area contributed by atoms with Gasteiger partial charge in [-0.15, -0.1) is 5.10 Å². The summed E-state index contributed by atoms with van der Waals surface area (Å²) in [4.78, 5) is 2.47. The monoisotopic (exact) mass is 503 g/mol. The second-order valence-corrected chi connectivity index (χ2v) is 9.74. The van der Waals surface area contributed by atoms with E-state index in [2.05, 4.69) is 45.3 Å². The third-order valence-electron chi connectivity index (χ3n) is 7.46. The molecule has 0 radical (unpaired) electrons. The molecular weight excluding hydrogens is 470 g/mol. The number of ether oxygens (including phenoxy) is 2. The number of hydrogen-bond acceptors (Lipinski definition) is 7. The molecule has 1 saturated heterocycles. The van der Waals surface area contributed by atoms with E-state index in [1.807, 2.05) is 41.7 Å². The van der Waals surface area contributed by atoms with Crippen LogP contribution in [-0.2, 0) is 20.1 Å². The van der Waals surface area contributed by atoms with Crippen LogP contribution in [-0.4, -0.2) is 71.7 Å². The van der Waals surface area contributed by atoms with Crippen LogP contribution in [0.15, 0.2) is 24.4 Å². The molecule has 3 aromatic heterocycles. The molecule has 6 rings (SSSR count). The molecule has 2 N–H and O–H groups in total. The van der Waals surface area contributed by atoms with E-state index in [1.165, 1.54) is 0 Å². The Morgan fingerprint density at radius 3 is 3.00 bits per heavy atom. The van der Waals surface area contributed by atoms with Gasteiger partial charge in [0.05, 0.1) is 54.0 Å². The Labute approximate surface area is 215 Å². The first kappa shape index (κ1) is 23.7. The lowest BCUT2D eigenvalue weighted by molar-refractivity contribution is 0.0920. The van der Waals surface area contributed by atoms with E-state index >= 15 is 0 Å². The van der Waals surface area contributed by atoms with Gasteiger partial charge in [0.15, 0.2) is 0 Å². The first-order valence-electron chi connectivity index (χ1n) is 13.0. The van der Waals surface area contributed by atoms with Crippen molar-refractivity contribution >= 4 is 23.1 Å². The lowest BCUT2D eigenvalue weighted by atomic mass is 10.0. The summed E-state index contributed by atoms with van der Waals surface area (Å²) in [6.45, 7) is 6.67. The van der Waals surface area contributed by atoms with Crippen molar-refractivity contribution in [2.75, 3.05) is 19.8 Å². The number of aryl methyl sites for hydroxylation is 1. The van der Waals surface area contributed by atoms with Crippen molar-refractivity contribution in [2.45, 2.75) is 51.9 Å². The molecule has 2 aliphatic heterocycles. The maximum absolute atomic E-state index is 9.77. The second-order valence-electron chi connectivity index (χ2n) is 9.74. The van der Waals surface area contributed by atoms with Crippen LogP contribution in [0.2, 0.25) is 0 Å². The number of aromatic amines is 1. The third kappa shape index (κ3) is 4.19. The van der Waals surface area contributed by atoms with Crippen molar-refractivity contribution in [3.8, 4) is 22.9 Å². The van der Waals surface area contributed by atoms with Gasteiger partial charge in [-0.1, -0.05) is 6.07 Å². The van der Waals surface area contributed by atoms with Crippen molar-refractivity contribution in [1.82, 2.24) is 34.7 Å². The van der Waals surface area contributed by atoms with Gasteiger partial charge >= 0.3 is 0 Å². The van der Waals surface area contributed by atoms with E-state index in [4.69, 9.17) is 14.6 Å². The summed E-state index contributed by atoms with van der Waals surface area (Å²) in [6.07, 6.45) is 8.07. The maximum atomic E-state index is 9.77. The highest BCUT2D eigenvalue weighted by atomic mass is 16.5. The molecule has 0 aliphatic carbocycles. The summed E-state index contributed by atoms with van der Waals surface area (Å²) in [5, 5.41) is 27.7. The molecule has 5 heterocycles. The predicted octanol–water partition coefficient (Wildman–Crippen LogP) is 3.47. The average Bonchev–Trinajstić information content (AvgIpc) is 3.66. The Morgan fingerprint density at radius 2 is 2.16 bits per heavy atom. The van der Waals surface area contributed by atoms with Crippen molar-refractivity contribution in [1.29, 1.82) is 0 Å². The van der Waals surface area contributed by atoms with Gasteiger partial charge in [-0.3, -0.25) is 14.7 Å². The zero-order valence-electron chi connectivity index (χ0n) is 21.5. The van der Waals surface area contributed by atoms with E-state index in [-0.39, 0.29) is 18.8 Å². The molecule has 0 spiro atoms. The number of rotatable bonds is 4. The Bertz CT molecular complexity index is 1450. The van der Waals surface area contributed by atoms with E-state index in [1.54, 1.807) is 0 Å². The molecule has 2 atom stereocenters. The smallest absolute Gasteiger partial charge is 0.240 e. The third-order valence-corrected chi connectivity index (χ3v) is 7.46. The Kier molecular flexibility index (Phi) is 6.21. The van der Waals surface area contributed by atoms with Crippen LogP contribution in [0.1, 0.15) is 43.6 Å². The quantitative estimate of drug-likeness (QED) is 0.439. The Morgan fingerprint density at radius 1 is 1.27 bits per heavy atom. The van der Waals surface area contributed by atoms with E-state index < -0.39 is 0 Å². The molecule has 0 amide bonds. The van der Waals surface area contributed by atoms with E-state index in [0.29, 0.717) is 25.6 Å². The van der Waals surface area contributed by atoms with Gasteiger partial charge in [0.25, 0.3) is 0 Å². The summed E-state index contributed by atoms with van der Waals surface area (Å²) >= 11 is 0. The Hall–Kier alpha value is -3.63. The van der Waals surface area contributed by atoms with Gasteiger partial charge in [0.2, 0.25) is 11.8 Å². The molecule has 0 unspecified atom stereocenters. The predicted molar refractivity (Wildman–Crippen MR) is 141 cm³/mol. The number of H-pyrrole nitrogens is 1. The molecule has 4 aromatic rings. The first-order valence-corrected chi connectivity index (χ1v) is 13.0. The molecule has 0 saturated carbocycles. The highest BCUT2D eigenvalue weighted by Gasteiger charge is 2.33. The summed E-state index contributed by atoms with van der Waals surface area (Å²) < 4.78 is 16.3. The molecule has 1 aromatic carbocycles. The molecule has 2 aliphatic rings. The standard InChI is InChI=1S/C27H33N7O3/c1-4-36-26-19-8-10-23-20-14-18(7-9-22(20)29-30-23)21-15-28-32(3)27(21)37-17(2)24-6-5-11-33(24)16-25(19)34(31-26)12-13-35/h7-10,14-15,17,24,35H,4-6,11-13,16H2,1-3H3,(H,29,30)/b10-8+/t17-,24-/m1/s1. The van der Waals surface area contributed by atoms with Crippen molar-refractivity contribution in [3.05, 3.63) is 41.3 Å². The minimum Gasteiger partial charge on any atom is -0.476 e. The second kappa shape index (κ2) is 9.68. The normalized spacial score (nSPS) is 20.6. The van der Waals surface area contributed by atoms with Gasteiger partial charge in [0.1, 0.15) is 6.10 Å². The number of aliphatic hydroxyl groups excluding tert-OH is 1. The fraction of sp³-hybridized carbons (Fsp3) is 0.444. The van der Waals surface area contributed by atoms with Gasteiger partial charge in [-0.05, 0) is 63.1 Å². The molecule has 2 bridgehead atoms. The number of benzene rings is 1. The topological polar surface area (TPSA) is 106 Å². The number of aromatic nitrogens is 6. The zero-order valence-corrected chi connectivity index (χ0v) is 21.5. The minimum atomic E-state index is -0.0467. The fourth-order valence-electron chi connectivity index (χ4n) is 5.63. The van der Waals surface area contributed by atoms with Crippen LogP contribution in [0.25, 0.3) is 34.2 Å². The largest absolute Gasteiger partial charge is 0.476 e. The lowest BCUT2D eigenvalue weighted by Crippen LogP contribution is -2.41. The maximum Gasteiger partial charge on any atom is 0.240 e. The molecule has 10 nitrogen and oxygen atoms in total. The summed E-state index contributed by atoms with van der Waals surface area (Å²) in [5.41, 5.74) is 5.73. The van der Waals surface area contributed by atoms with E-state index in [0.717, 1.165) is 64.2 Å². The number of nitrogens with zero attached hydrogens (tertiary/aromatic N) is 6. The lowest BCUT2D eigenvalue weighted by Gasteiger charge is -2.30.